The predicted molar refractivity (Wildman–Crippen MR) is 85.1 cm³/mol. The summed E-state index contributed by atoms with van der Waals surface area (Å²) in [5.74, 6) is -0.305. The maximum atomic E-state index is 11.5. The molecule has 0 aromatic heterocycles. The summed E-state index contributed by atoms with van der Waals surface area (Å²) in [6.07, 6.45) is 1.20. The first-order valence-electron chi connectivity index (χ1n) is 5.80. The van der Waals surface area contributed by atoms with Crippen molar-refractivity contribution in [2.45, 2.75) is 0 Å². The molecule has 3 N–H and O–H groups in total. The monoisotopic (exact) mass is 306 g/mol. The first kappa shape index (κ1) is 14.4. The van der Waals surface area contributed by atoms with E-state index in [1.807, 2.05) is 12.1 Å². The third kappa shape index (κ3) is 2.95. The van der Waals surface area contributed by atoms with Crippen molar-refractivity contribution in [1.29, 1.82) is 0 Å². The van der Waals surface area contributed by atoms with E-state index in [1.165, 1.54) is 6.08 Å². The van der Waals surface area contributed by atoms with Gasteiger partial charge in [-0.15, -0.1) is 0 Å². The topological polar surface area (TPSA) is 55.1 Å². The molecule has 1 amide bonds. The van der Waals surface area contributed by atoms with Crippen LogP contribution >= 0.6 is 23.2 Å². The zero-order valence-electron chi connectivity index (χ0n) is 10.5. The first-order valence-corrected chi connectivity index (χ1v) is 6.56. The number of nitrogens with one attached hydrogen (secondary N) is 1. The zero-order chi connectivity index (χ0) is 14.7. The van der Waals surface area contributed by atoms with Gasteiger partial charge in [-0.25, -0.2) is 0 Å². The SMILES string of the molecule is C=CC(=O)Nc1ccccc1-c1c(Cl)cc(N)cc1Cl. The zero-order valence-corrected chi connectivity index (χ0v) is 12.0. The summed E-state index contributed by atoms with van der Waals surface area (Å²) in [5, 5.41) is 3.57. The molecule has 0 radical (unpaired) electrons. The molecule has 102 valence electrons. The molecule has 0 unspecified atom stereocenters. The normalized spacial score (nSPS) is 10.1. The van der Waals surface area contributed by atoms with Crippen LogP contribution in [-0.4, -0.2) is 5.91 Å². The van der Waals surface area contributed by atoms with Crippen molar-refractivity contribution in [2.24, 2.45) is 0 Å². The molecule has 2 aromatic rings. The molecule has 0 heterocycles. The minimum Gasteiger partial charge on any atom is -0.399 e. The molecule has 0 fully saturated rings. The minimum absolute atomic E-state index is 0.305. The number of rotatable bonds is 3. The molecule has 0 spiro atoms. The number of benzene rings is 2. The average molecular weight is 307 g/mol. The molecular weight excluding hydrogens is 295 g/mol. The Kier molecular flexibility index (Phi) is 4.32. The van der Waals surface area contributed by atoms with Crippen LogP contribution in [0.2, 0.25) is 10.0 Å². The fraction of sp³-hybridized carbons (Fsp3) is 0. The lowest BCUT2D eigenvalue weighted by Crippen LogP contribution is -2.08. The van der Waals surface area contributed by atoms with Gasteiger partial charge in [-0.05, 0) is 24.3 Å². The fourth-order valence-electron chi connectivity index (χ4n) is 1.84. The van der Waals surface area contributed by atoms with Crippen LogP contribution in [0.25, 0.3) is 11.1 Å². The number of hydrogen-bond donors (Lipinski definition) is 2. The lowest BCUT2D eigenvalue weighted by Gasteiger charge is -2.13. The van der Waals surface area contributed by atoms with Gasteiger partial charge in [0.1, 0.15) is 0 Å². The van der Waals surface area contributed by atoms with Gasteiger partial charge in [-0.2, -0.15) is 0 Å². The molecule has 3 nitrogen and oxygen atoms in total. The van der Waals surface area contributed by atoms with Gasteiger partial charge in [-0.3, -0.25) is 4.79 Å². The van der Waals surface area contributed by atoms with Crippen molar-refractivity contribution in [3.63, 3.8) is 0 Å². The fourth-order valence-corrected chi connectivity index (χ4v) is 2.55. The number of nitrogen functional groups attached to an aromatic ring is 1. The molecule has 2 rings (SSSR count). The van der Waals surface area contributed by atoms with E-state index in [2.05, 4.69) is 11.9 Å². The maximum Gasteiger partial charge on any atom is 0.247 e. The lowest BCUT2D eigenvalue weighted by atomic mass is 10.0. The summed E-state index contributed by atoms with van der Waals surface area (Å²) in [5.41, 5.74) is 8.13. The summed E-state index contributed by atoms with van der Waals surface area (Å²) >= 11 is 12.4. The van der Waals surface area contributed by atoms with Crippen LogP contribution < -0.4 is 11.1 Å². The summed E-state index contributed by atoms with van der Waals surface area (Å²) in [6.45, 7) is 3.43. The Morgan fingerprint density at radius 1 is 1.20 bits per heavy atom. The molecule has 0 aliphatic heterocycles. The van der Waals surface area contributed by atoms with E-state index in [1.54, 1.807) is 24.3 Å². The number of amides is 1. The van der Waals surface area contributed by atoms with E-state index in [4.69, 9.17) is 28.9 Å². The molecule has 0 saturated carbocycles. The van der Waals surface area contributed by atoms with Crippen molar-refractivity contribution in [1.82, 2.24) is 0 Å². The Morgan fingerprint density at radius 3 is 2.40 bits per heavy atom. The summed E-state index contributed by atoms with van der Waals surface area (Å²) < 4.78 is 0. The van der Waals surface area contributed by atoms with Crippen LogP contribution in [0.3, 0.4) is 0 Å². The van der Waals surface area contributed by atoms with Crippen molar-refractivity contribution in [3.8, 4) is 11.1 Å². The van der Waals surface area contributed by atoms with Crippen LogP contribution in [0.4, 0.5) is 11.4 Å². The highest BCUT2D eigenvalue weighted by molar-refractivity contribution is 6.40. The molecule has 2 aromatic carbocycles. The van der Waals surface area contributed by atoms with Crippen molar-refractivity contribution < 1.29 is 4.79 Å². The number of halogens is 2. The van der Waals surface area contributed by atoms with Crippen molar-refractivity contribution in [2.75, 3.05) is 11.1 Å². The molecule has 0 saturated heterocycles. The molecule has 0 bridgehead atoms. The standard InChI is InChI=1S/C15H12Cl2N2O/c1-2-14(20)19-13-6-4-3-5-10(13)15-11(16)7-9(18)8-12(15)17/h2-8H,1,18H2,(H,19,20). The second kappa shape index (κ2) is 5.99. The van der Waals surface area contributed by atoms with Crippen LogP contribution in [0.5, 0.6) is 0 Å². The van der Waals surface area contributed by atoms with Gasteiger partial charge in [0.05, 0.1) is 10.0 Å². The third-order valence-electron chi connectivity index (χ3n) is 2.70. The third-order valence-corrected chi connectivity index (χ3v) is 3.30. The number of para-hydroxylation sites is 1. The highest BCUT2D eigenvalue weighted by Crippen LogP contribution is 2.40. The van der Waals surface area contributed by atoms with E-state index in [9.17, 15) is 4.79 Å². The highest BCUT2D eigenvalue weighted by Gasteiger charge is 2.14. The number of carbonyl (C=O) groups is 1. The summed E-state index contributed by atoms with van der Waals surface area (Å²) in [4.78, 5) is 11.5. The van der Waals surface area contributed by atoms with Crippen LogP contribution in [0.1, 0.15) is 0 Å². The Balaban J connectivity index is 2.59. The first-order chi connectivity index (χ1) is 9.52. The Hall–Kier alpha value is -1.97. The van der Waals surface area contributed by atoms with Gasteiger partial charge in [-0.1, -0.05) is 48.0 Å². The van der Waals surface area contributed by atoms with E-state index < -0.39 is 0 Å². The van der Waals surface area contributed by atoms with Gasteiger partial charge in [0.25, 0.3) is 0 Å². The second-order valence-electron chi connectivity index (χ2n) is 4.10. The Morgan fingerprint density at radius 2 is 1.80 bits per heavy atom. The largest absolute Gasteiger partial charge is 0.399 e. The Bertz CT molecular complexity index is 660. The number of nitrogens with two attached hydrogens (primary N) is 1. The van der Waals surface area contributed by atoms with Crippen molar-refractivity contribution >= 4 is 40.5 Å². The van der Waals surface area contributed by atoms with Crippen LogP contribution in [0, 0.1) is 0 Å². The molecule has 0 aliphatic rings. The highest BCUT2D eigenvalue weighted by atomic mass is 35.5. The average Bonchev–Trinajstić information content (AvgIpc) is 2.39. The smallest absolute Gasteiger partial charge is 0.247 e. The van der Waals surface area contributed by atoms with E-state index in [0.717, 1.165) is 5.56 Å². The molecule has 0 aliphatic carbocycles. The summed E-state index contributed by atoms with van der Waals surface area (Å²) in [7, 11) is 0. The maximum absolute atomic E-state index is 11.5. The number of anilines is 2. The number of hydrogen-bond acceptors (Lipinski definition) is 2. The van der Waals surface area contributed by atoms with Gasteiger partial charge in [0.15, 0.2) is 0 Å². The quantitative estimate of drug-likeness (QED) is 0.653. The molecule has 20 heavy (non-hydrogen) atoms. The van der Waals surface area contributed by atoms with E-state index in [-0.39, 0.29) is 5.91 Å². The Labute approximate surface area is 127 Å². The van der Waals surface area contributed by atoms with Gasteiger partial charge < -0.3 is 11.1 Å². The van der Waals surface area contributed by atoms with Gasteiger partial charge in [0.2, 0.25) is 5.91 Å². The minimum atomic E-state index is -0.305. The van der Waals surface area contributed by atoms with Crippen molar-refractivity contribution in [3.05, 3.63) is 59.1 Å². The number of carbonyl (C=O) groups excluding carboxylic acids is 1. The van der Waals surface area contributed by atoms with E-state index in [0.29, 0.717) is 27.0 Å². The predicted octanol–water partition coefficient (Wildman–Crippen LogP) is 4.37. The van der Waals surface area contributed by atoms with Crippen LogP contribution in [-0.2, 0) is 4.79 Å². The molecule has 5 heteroatoms. The second-order valence-corrected chi connectivity index (χ2v) is 4.91. The van der Waals surface area contributed by atoms with Gasteiger partial charge in [0, 0.05) is 22.5 Å². The summed E-state index contributed by atoms with van der Waals surface area (Å²) in [6, 6.07) is 10.5. The van der Waals surface area contributed by atoms with Crippen LogP contribution in [0.15, 0.2) is 49.1 Å². The molecular formula is C15H12Cl2N2O. The van der Waals surface area contributed by atoms with E-state index >= 15 is 0 Å². The van der Waals surface area contributed by atoms with Gasteiger partial charge >= 0.3 is 0 Å². The molecule has 0 atom stereocenters. The lowest BCUT2D eigenvalue weighted by molar-refractivity contribution is -0.111.